The van der Waals surface area contributed by atoms with Gasteiger partial charge in [0.25, 0.3) is 0 Å². The van der Waals surface area contributed by atoms with E-state index in [1.165, 1.54) is 0 Å². The topological polar surface area (TPSA) is 77.8 Å². The van der Waals surface area contributed by atoms with Crippen molar-refractivity contribution in [3.05, 3.63) is 29.3 Å². The minimum Gasteiger partial charge on any atom is -0.339 e. The molecule has 0 aromatic carbocycles. The highest BCUT2D eigenvalue weighted by atomic mass is 16.5. The van der Waals surface area contributed by atoms with Gasteiger partial charge in [0.15, 0.2) is 0 Å². The first-order chi connectivity index (χ1) is 8.11. The molecule has 17 heavy (non-hydrogen) atoms. The normalized spacial score (nSPS) is 12.7. The minimum absolute atomic E-state index is 0.0713. The highest BCUT2D eigenvalue weighted by Gasteiger charge is 2.15. The maximum absolute atomic E-state index is 5.56. The standard InChI is InChI=1S/C12H16N4O/c1-7-4-8(2)10(14-6-7)11-15-12(17-16-11)9(3)5-13/h4,6,9H,5,13H2,1-3H3. The van der Waals surface area contributed by atoms with Gasteiger partial charge in [0.2, 0.25) is 11.7 Å². The Hall–Kier alpha value is -1.75. The van der Waals surface area contributed by atoms with Crippen molar-refractivity contribution < 1.29 is 4.52 Å². The summed E-state index contributed by atoms with van der Waals surface area (Å²) in [6, 6.07) is 2.05. The number of hydrogen-bond acceptors (Lipinski definition) is 5. The molecule has 0 fully saturated rings. The zero-order chi connectivity index (χ0) is 12.4. The Balaban J connectivity index is 2.37. The van der Waals surface area contributed by atoms with Crippen LogP contribution in [0.1, 0.15) is 29.9 Å². The zero-order valence-electron chi connectivity index (χ0n) is 10.3. The molecule has 5 nitrogen and oxygen atoms in total. The van der Waals surface area contributed by atoms with Gasteiger partial charge in [0.1, 0.15) is 5.69 Å². The van der Waals surface area contributed by atoms with Crippen LogP contribution in [0.2, 0.25) is 0 Å². The Morgan fingerprint density at radius 1 is 1.41 bits per heavy atom. The molecule has 90 valence electrons. The lowest BCUT2D eigenvalue weighted by Crippen LogP contribution is -2.09. The first kappa shape index (κ1) is 11.7. The summed E-state index contributed by atoms with van der Waals surface area (Å²) in [5.41, 5.74) is 8.47. The van der Waals surface area contributed by atoms with Gasteiger partial charge >= 0.3 is 0 Å². The van der Waals surface area contributed by atoms with Gasteiger partial charge in [-0.05, 0) is 25.0 Å². The molecule has 5 heteroatoms. The maximum Gasteiger partial charge on any atom is 0.231 e. The van der Waals surface area contributed by atoms with Crippen LogP contribution in [0.15, 0.2) is 16.8 Å². The van der Waals surface area contributed by atoms with Crippen molar-refractivity contribution >= 4 is 0 Å². The zero-order valence-corrected chi connectivity index (χ0v) is 10.3. The smallest absolute Gasteiger partial charge is 0.231 e. The molecule has 0 amide bonds. The van der Waals surface area contributed by atoms with Crippen LogP contribution in [-0.2, 0) is 0 Å². The quantitative estimate of drug-likeness (QED) is 0.873. The molecule has 0 saturated heterocycles. The predicted molar refractivity (Wildman–Crippen MR) is 64.5 cm³/mol. The van der Waals surface area contributed by atoms with Crippen LogP contribution in [-0.4, -0.2) is 21.7 Å². The molecule has 0 aliphatic carbocycles. The monoisotopic (exact) mass is 232 g/mol. The summed E-state index contributed by atoms with van der Waals surface area (Å²) in [7, 11) is 0. The molecule has 0 aliphatic rings. The summed E-state index contributed by atoms with van der Waals surface area (Å²) in [5.74, 6) is 1.16. The highest BCUT2D eigenvalue weighted by Crippen LogP contribution is 2.20. The average molecular weight is 232 g/mol. The van der Waals surface area contributed by atoms with Crippen LogP contribution >= 0.6 is 0 Å². The van der Waals surface area contributed by atoms with Crippen LogP contribution in [0.4, 0.5) is 0 Å². The van der Waals surface area contributed by atoms with Gasteiger partial charge in [-0.15, -0.1) is 0 Å². The first-order valence-electron chi connectivity index (χ1n) is 5.59. The fourth-order valence-electron chi connectivity index (χ4n) is 1.58. The lowest BCUT2D eigenvalue weighted by atomic mass is 10.1. The van der Waals surface area contributed by atoms with E-state index in [-0.39, 0.29) is 5.92 Å². The number of hydrogen-bond donors (Lipinski definition) is 1. The summed E-state index contributed by atoms with van der Waals surface area (Å²) in [5, 5.41) is 3.94. The van der Waals surface area contributed by atoms with Crippen molar-refractivity contribution in [1.29, 1.82) is 0 Å². The van der Waals surface area contributed by atoms with Gasteiger partial charge < -0.3 is 10.3 Å². The SMILES string of the molecule is Cc1cnc(-c2noc(C(C)CN)n2)c(C)c1. The van der Waals surface area contributed by atoms with Crippen molar-refractivity contribution in [3.8, 4) is 11.5 Å². The van der Waals surface area contributed by atoms with E-state index in [0.717, 1.165) is 16.8 Å². The van der Waals surface area contributed by atoms with Crippen molar-refractivity contribution in [3.63, 3.8) is 0 Å². The maximum atomic E-state index is 5.56. The van der Waals surface area contributed by atoms with Crippen molar-refractivity contribution in [2.75, 3.05) is 6.54 Å². The van der Waals surface area contributed by atoms with E-state index in [1.807, 2.05) is 26.8 Å². The Bertz CT molecular complexity index is 521. The summed E-state index contributed by atoms with van der Waals surface area (Å²) < 4.78 is 5.18. The second-order valence-electron chi connectivity index (χ2n) is 4.27. The van der Waals surface area contributed by atoms with E-state index < -0.39 is 0 Å². The number of rotatable bonds is 3. The van der Waals surface area contributed by atoms with Crippen LogP contribution < -0.4 is 5.73 Å². The number of nitrogens with zero attached hydrogens (tertiary/aromatic N) is 3. The van der Waals surface area contributed by atoms with Crippen molar-refractivity contribution in [1.82, 2.24) is 15.1 Å². The van der Waals surface area contributed by atoms with Gasteiger partial charge in [-0.3, -0.25) is 4.98 Å². The molecule has 2 rings (SSSR count). The lowest BCUT2D eigenvalue weighted by molar-refractivity contribution is 0.361. The Morgan fingerprint density at radius 2 is 2.18 bits per heavy atom. The molecule has 0 aliphatic heterocycles. The van der Waals surface area contributed by atoms with Crippen LogP contribution in [0.25, 0.3) is 11.5 Å². The molecule has 1 atom stereocenters. The molecule has 2 N–H and O–H groups in total. The second-order valence-corrected chi connectivity index (χ2v) is 4.27. The second kappa shape index (κ2) is 4.63. The van der Waals surface area contributed by atoms with Gasteiger partial charge in [-0.25, -0.2) is 0 Å². The Labute approximate surface area is 100 Å². The third kappa shape index (κ3) is 2.34. The summed E-state index contributed by atoms with van der Waals surface area (Å²) in [4.78, 5) is 8.65. The van der Waals surface area contributed by atoms with E-state index in [2.05, 4.69) is 15.1 Å². The molecule has 1 unspecified atom stereocenters. The molecule has 2 aromatic rings. The molecule has 0 bridgehead atoms. The van der Waals surface area contributed by atoms with E-state index >= 15 is 0 Å². The Morgan fingerprint density at radius 3 is 2.82 bits per heavy atom. The Kier molecular flexibility index (Phi) is 3.19. The van der Waals surface area contributed by atoms with Crippen molar-refractivity contribution in [2.24, 2.45) is 5.73 Å². The van der Waals surface area contributed by atoms with Crippen LogP contribution in [0.3, 0.4) is 0 Å². The largest absolute Gasteiger partial charge is 0.339 e. The number of pyridine rings is 1. The summed E-state index contributed by atoms with van der Waals surface area (Å²) in [6.07, 6.45) is 1.80. The minimum atomic E-state index is 0.0713. The van der Waals surface area contributed by atoms with Gasteiger partial charge in [0, 0.05) is 18.7 Å². The molecule has 2 heterocycles. The summed E-state index contributed by atoms with van der Waals surface area (Å²) >= 11 is 0. The molecular weight excluding hydrogens is 216 g/mol. The predicted octanol–water partition coefficient (Wildman–Crippen LogP) is 1.81. The molecule has 0 spiro atoms. The van der Waals surface area contributed by atoms with Gasteiger partial charge in [-0.1, -0.05) is 18.1 Å². The first-order valence-corrected chi connectivity index (χ1v) is 5.59. The van der Waals surface area contributed by atoms with E-state index in [9.17, 15) is 0 Å². The van der Waals surface area contributed by atoms with Gasteiger partial charge in [-0.2, -0.15) is 4.98 Å². The fourth-order valence-corrected chi connectivity index (χ4v) is 1.58. The third-order valence-corrected chi connectivity index (χ3v) is 2.64. The fraction of sp³-hybridized carbons (Fsp3) is 0.417. The lowest BCUT2D eigenvalue weighted by Gasteiger charge is -2.01. The van der Waals surface area contributed by atoms with E-state index in [1.54, 1.807) is 6.20 Å². The third-order valence-electron chi connectivity index (χ3n) is 2.64. The molecule has 0 radical (unpaired) electrons. The van der Waals surface area contributed by atoms with E-state index in [4.69, 9.17) is 10.3 Å². The number of aryl methyl sites for hydroxylation is 2. The molecule has 0 saturated carbocycles. The molecular formula is C12H16N4O. The number of nitrogens with two attached hydrogens (primary N) is 1. The summed E-state index contributed by atoms with van der Waals surface area (Å²) in [6.45, 7) is 6.42. The van der Waals surface area contributed by atoms with Crippen LogP contribution in [0.5, 0.6) is 0 Å². The van der Waals surface area contributed by atoms with Gasteiger partial charge in [0.05, 0.1) is 0 Å². The van der Waals surface area contributed by atoms with Crippen LogP contribution in [0, 0.1) is 13.8 Å². The molecule has 2 aromatic heterocycles. The number of aromatic nitrogens is 3. The van der Waals surface area contributed by atoms with E-state index in [0.29, 0.717) is 18.3 Å². The van der Waals surface area contributed by atoms with Crippen molar-refractivity contribution in [2.45, 2.75) is 26.7 Å². The highest BCUT2D eigenvalue weighted by molar-refractivity contribution is 5.54. The average Bonchev–Trinajstić information content (AvgIpc) is 2.77.